The van der Waals surface area contributed by atoms with Crippen LogP contribution in [0.4, 0.5) is 0 Å². The summed E-state index contributed by atoms with van der Waals surface area (Å²) in [6.07, 6.45) is 8.09. The molecular formula is C15H23N3O. The number of rotatable bonds is 3. The van der Waals surface area contributed by atoms with E-state index in [1.807, 2.05) is 5.01 Å². The van der Waals surface area contributed by atoms with E-state index in [0.717, 1.165) is 35.8 Å². The molecule has 5 rings (SSSR count). The molecule has 4 fully saturated rings. The zero-order valence-electron chi connectivity index (χ0n) is 11.4. The van der Waals surface area contributed by atoms with Gasteiger partial charge in [0.25, 0.3) is 0 Å². The third-order valence-corrected chi connectivity index (χ3v) is 5.75. The minimum atomic E-state index is 0.223. The minimum absolute atomic E-state index is 0.223. The summed E-state index contributed by atoms with van der Waals surface area (Å²) in [7, 11) is 0. The van der Waals surface area contributed by atoms with Gasteiger partial charge in [0.15, 0.2) is 0 Å². The van der Waals surface area contributed by atoms with Crippen LogP contribution in [0.5, 0.6) is 0 Å². The molecule has 1 aliphatic heterocycles. The van der Waals surface area contributed by atoms with Gasteiger partial charge in [-0.05, 0) is 62.3 Å². The lowest BCUT2D eigenvalue weighted by Gasteiger charge is -2.55. The summed E-state index contributed by atoms with van der Waals surface area (Å²) in [5.41, 5.74) is 6.58. The second-order valence-corrected chi connectivity index (χ2v) is 7.04. The normalized spacial score (nSPS) is 44.1. The van der Waals surface area contributed by atoms with Crippen molar-refractivity contribution in [1.29, 1.82) is 0 Å². The molecule has 104 valence electrons. The van der Waals surface area contributed by atoms with E-state index < -0.39 is 0 Å². The van der Waals surface area contributed by atoms with E-state index >= 15 is 0 Å². The van der Waals surface area contributed by atoms with Crippen LogP contribution in [0, 0.1) is 23.7 Å². The Morgan fingerprint density at radius 3 is 2.32 bits per heavy atom. The number of carbonyl (C=O) groups is 1. The fraction of sp³-hybridized carbons (Fsp3) is 0.867. The molecule has 4 aliphatic carbocycles. The van der Waals surface area contributed by atoms with Crippen LogP contribution in [0.25, 0.3) is 0 Å². The van der Waals surface area contributed by atoms with Gasteiger partial charge in [0, 0.05) is 12.1 Å². The van der Waals surface area contributed by atoms with E-state index in [1.165, 1.54) is 32.1 Å². The van der Waals surface area contributed by atoms with E-state index in [9.17, 15) is 4.79 Å². The van der Waals surface area contributed by atoms with Gasteiger partial charge >= 0.3 is 0 Å². The van der Waals surface area contributed by atoms with Gasteiger partial charge in [-0.15, -0.1) is 0 Å². The molecule has 4 nitrogen and oxygen atoms in total. The van der Waals surface area contributed by atoms with Crippen LogP contribution >= 0.6 is 0 Å². The quantitative estimate of drug-likeness (QED) is 0.841. The van der Waals surface area contributed by atoms with Crippen molar-refractivity contribution in [3.05, 3.63) is 0 Å². The molecule has 0 aromatic heterocycles. The van der Waals surface area contributed by atoms with E-state index in [2.05, 4.69) is 5.10 Å². The molecule has 4 saturated carbocycles. The third-order valence-electron chi connectivity index (χ3n) is 5.75. The lowest BCUT2D eigenvalue weighted by molar-refractivity contribution is -0.140. The highest BCUT2D eigenvalue weighted by molar-refractivity contribution is 6.05. The summed E-state index contributed by atoms with van der Waals surface area (Å²) in [6.45, 7) is 0.599. The van der Waals surface area contributed by atoms with Gasteiger partial charge in [-0.25, -0.2) is 5.01 Å². The number of amides is 1. The van der Waals surface area contributed by atoms with Crippen molar-refractivity contribution in [2.75, 3.05) is 6.54 Å². The Kier molecular flexibility index (Phi) is 2.69. The smallest absolute Gasteiger partial charge is 0.248 e. The second kappa shape index (κ2) is 4.30. The Hall–Kier alpha value is -0.900. The van der Waals surface area contributed by atoms with Gasteiger partial charge in [-0.1, -0.05) is 0 Å². The Bertz CT molecular complexity index is 403. The van der Waals surface area contributed by atoms with Crippen LogP contribution in [0.3, 0.4) is 0 Å². The molecule has 4 bridgehead atoms. The van der Waals surface area contributed by atoms with Crippen molar-refractivity contribution < 1.29 is 4.79 Å². The molecule has 19 heavy (non-hydrogen) atoms. The van der Waals surface area contributed by atoms with Gasteiger partial charge in [0.05, 0.1) is 12.5 Å². The van der Waals surface area contributed by atoms with E-state index in [-0.39, 0.29) is 5.91 Å². The monoisotopic (exact) mass is 261 g/mol. The number of nitrogens with two attached hydrogens (primary N) is 1. The van der Waals surface area contributed by atoms with Gasteiger partial charge in [-0.3, -0.25) is 4.79 Å². The van der Waals surface area contributed by atoms with Crippen LogP contribution in [0.2, 0.25) is 0 Å². The largest absolute Gasteiger partial charge is 0.330 e. The maximum atomic E-state index is 12.3. The SMILES string of the molecule is NCCC1=NN(C2C3CC4CC(C3)CC2C4)C(=O)C1. The Labute approximate surface area is 114 Å². The predicted octanol–water partition coefficient (Wildman–Crippen LogP) is 1.75. The van der Waals surface area contributed by atoms with Crippen LogP contribution in [-0.2, 0) is 4.79 Å². The van der Waals surface area contributed by atoms with E-state index in [4.69, 9.17) is 5.73 Å². The van der Waals surface area contributed by atoms with Crippen molar-refractivity contribution in [2.24, 2.45) is 34.5 Å². The maximum absolute atomic E-state index is 12.3. The first-order valence-electron chi connectivity index (χ1n) is 7.83. The highest BCUT2D eigenvalue weighted by Crippen LogP contribution is 2.55. The molecule has 0 unspecified atom stereocenters. The third kappa shape index (κ3) is 1.83. The molecule has 1 amide bonds. The summed E-state index contributed by atoms with van der Waals surface area (Å²) < 4.78 is 0. The minimum Gasteiger partial charge on any atom is -0.330 e. The van der Waals surface area contributed by atoms with E-state index in [0.29, 0.717) is 19.0 Å². The number of carbonyl (C=O) groups excluding carboxylic acids is 1. The van der Waals surface area contributed by atoms with Gasteiger partial charge in [0.1, 0.15) is 0 Å². The molecule has 1 heterocycles. The van der Waals surface area contributed by atoms with Crippen LogP contribution in [-0.4, -0.2) is 29.2 Å². The van der Waals surface area contributed by atoms with Crippen molar-refractivity contribution in [2.45, 2.75) is 51.0 Å². The zero-order chi connectivity index (χ0) is 13.0. The Morgan fingerprint density at radius 1 is 1.11 bits per heavy atom. The molecule has 0 radical (unpaired) electrons. The molecule has 0 aromatic rings. The van der Waals surface area contributed by atoms with Gasteiger partial charge in [0.2, 0.25) is 5.91 Å². The maximum Gasteiger partial charge on any atom is 0.248 e. The molecular weight excluding hydrogens is 238 g/mol. The lowest BCUT2D eigenvalue weighted by atomic mass is 9.54. The lowest BCUT2D eigenvalue weighted by Crippen LogP contribution is -2.55. The predicted molar refractivity (Wildman–Crippen MR) is 73.4 cm³/mol. The highest BCUT2D eigenvalue weighted by atomic mass is 16.2. The van der Waals surface area contributed by atoms with E-state index in [1.54, 1.807) is 0 Å². The van der Waals surface area contributed by atoms with Crippen molar-refractivity contribution in [3.63, 3.8) is 0 Å². The summed E-state index contributed by atoms with van der Waals surface area (Å²) in [6, 6.07) is 0.413. The topological polar surface area (TPSA) is 58.7 Å². The van der Waals surface area contributed by atoms with Crippen molar-refractivity contribution in [1.82, 2.24) is 5.01 Å². The fourth-order valence-corrected chi connectivity index (χ4v) is 5.33. The standard InChI is InChI=1S/C15H23N3O/c16-2-1-13-8-14(19)18(17-13)15-11-4-9-3-10(6-11)7-12(15)5-9/h9-12,15H,1-8,16H2. The summed E-state index contributed by atoms with van der Waals surface area (Å²) in [5, 5.41) is 6.50. The average molecular weight is 261 g/mol. The molecule has 0 saturated heterocycles. The number of hydrogen-bond acceptors (Lipinski definition) is 3. The Morgan fingerprint density at radius 2 is 1.74 bits per heavy atom. The van der Waals surface area contributed by atoms with Crippen LogP contribution in [0.15, 0.2) is 5.10 Å². The molecule has 0 aromatic carbocycles. The summed E-state index contributed by atoms with van der Waals surface area (Å²) >= 11 is 0. The first kappa shape index (κ1) is 11.9. The second-order valence-electron chi connectivity index (χ2n) is 7.04. The molecule has 5 aliphatic rings. The fourth-order valence-electron chi connectivity index (χ4n) is 5.33. The van der Waals surface area contributed by atoms with Crippen molar-refractivity contribution >= 4 is 11.6 Å². The molecule has 0 atom stereocenters. The number of hydrogen-bond donors (Lipinski definition) is 1. The van der Waals surface area contributed by atoms with Crippen molar-refractivity contribution in [3.8, 4) is 0 Å². The first-order chi connectivity index (χ1) is 9.24. The highest BCUT2D eigenvalue weighted by Gasteiger charge is 2.52. The first-order valence-corrected chi connectivity index (χ1v) is 7.83. The zero-order valence-corrected chi connectivity index (χ0v) is 11.4. The Balaban J connectivity index is 1.57. The van der Waals surface area contributed by atoms with Gasteiger partial charge in [-0.2, -0.15) is 5.10 Å². The molecule has 2 N–H and O–H groups in total. The number of nitrogens with zero attached hydrogens (tertiary/aromatic N) is 2. The summed E-state index contributed by atoms with van der Waals surface area (Å²) in [4.78, 5) is 12.3. The average Bonchev–Trinajstić information content (AvgIpc) is 2.69. The van der Waals surface area contributed by atoms with Crippen LogP contribution < -0.4 is 5.73 Å². The van der Waals surface area contributed by atoms with Gasteiger partial charge < -0.3 is 5.73 Å². The molecule has 0 spiro atoms. The van der Waals surface area contributed by atoms with Crippen LogP contribution in [0.1, 0.15) is 44.9 Å². The number of hydrazone groups is 1. The molecule has 4 heteroatoms. The summed E-state index contributed by atoms with van der Waals surface area (Å²) in [5.74, 6) is 3.57.